The molecule has 0 N–H and O–H groups in total. The first-order chi connectivity index (χ1) is 7.30. The van der Waals surface area contributed by atoms with Gasteiger partial charge in [-0.15, -0.1) is 11.3 Å². The highest BCUT2D eigenvalue weighted by molar-refractivity contribution is 7.10. The van der Waals surface area contributed by atoms with E-state index in [-0.39, 0.29) is 5.60 Å². The average Bonchev–Trinajstić information content (AvgIpc) is 2.85. The number of carbonyl (C=O) groups excluding carboxylic acids is 1. The number of aromatic nitrogens is 1. The summed E-state index contributed by atoms with van der Waals surface area (Å²) in [5, 5.41) is 2.78. The standard InChI is InChI=1S/C11H15NO2S/c1-2-14-11(5-3-4-6-11)10-12-9(7-13)8-15-10/h7-8H,2-6H2,1H3. The van der Waals surface area contributed by atoms with E-state index in [4.69, 9.17) is 4.74 Å². The Morgan fingerprint density at radius 1 is 1.60 bits per heavy atom. The van der Waals surface area contributed by atoms with Crippen LogP contribution < -0.4 is 0 Å². The molecular formula is C11H15NO2S. The Bertz CT molecular complexity index is 342. The maximum atomic E-state index is 10.6. The first kappa shape index (κ1) is 10.8. The van der Waals surface area contributed by atoms with Gasteiger partial charge in [0.15, 0.2) is 6.29 Å². The molecule has 1 aliphatic carbocycles. The predicted octanol–water partition coefficient (Wildman–Crippen LogP) is 2.76. The van der Waals surface area contributed by atoms with Crippen molar-refractivity contribution in [2.24, 2.45) is 0 Å². The van der Waals surface area contributed by atoms with Crippen LogP contribution in [0.15, 0.2) is 5.38 Å². The van der Waals surface area contributed by atoms with E-state index in [0.717, 1.165) is 24.1 Å². The van der Waals surface area contributed by atoms with Crippen LogP contribution in [0, 0.1) is 0 Å². The predicted molar refractivity (Wildman–Crippen MR) is 59.3 cm³/mol. The molecule has 0 radical (unpaired) electrons. The second kappa shape index (κ2) is 4.41. The van der Waals surface area contributed by atoms with E-state index in [1.165, 1.54) is 12.8 Å². The van der Waals surface area contributed by atoms with Gasteiger partial charge >= 0.3 is 0 Å². The van der Waals surface area contributed by atoms with Gasteiger partial charge in [-0.25, -0.2) is 4.98 Å². The molecule has 1 heterocycles. The van der Waals surface area contributed by atoms with E-state index in [1.54, 1.807) is 16.7 Å². The molecule has 1 aromatic rings. The van der Waals surface area contributed by atoms with Crippen LogP contribution in [0.4, 0.5) is 0 Å². The molecule has 4 heteroatoms. The Labute approximate surface area is 93.5 Å². The molecule has 82 valence electrons. The van der Waals surface area contributed by atoms with Crippen LogP contribution in [0.1, 0.15) is 48.1 Å². The molecular weight excluding hydrogens is 210 g/mol. The van der Waals surface area contributed by atoms with Gasteiger partial charge in [0, 0.05) is 12.0 Å². The topological polar surface area (TPSA) is 39.2 Å². The third-order valence-corrected chi connectivity index (χ3v) is 3.91. The highest BCUT2D eigenvalue weighted by Gasteiger charge is 2.38. The summed E-state index contributed by atoms with van der Waals surface area (Å²) >= 11 is 1.54. The number of rotatable bonds is 4. The lowest BCUT2D eigenvalue weighted by Crippen LogP contribution is -2.26. The minimum Gasteiger partial charge on any atom is -0.368 e. The molecule has 0 aromatic carbocycles. The van der Waals surface area contributed by atoms with Gasteiger partial charge in [0.2, 0.25) is 0 Å². The van der Waals surface area contributed by atoms with Crippen LogP contribution in [0.3, 0.4) is 0 Å². The quantitative estimate of drug-likeness (QED) is 0.740. The molecule has 0 spiro atoms. The van der Waals surface area contributed by atoms with Gasteiger partial charge in [-0.05, 0) is 19.8 Å². The summed E-state index contributed by atoms with van der Waals surface area (Å²) in [5.74, 6) is 0. The summed E-state index contributed by atoms with van der Waals surface area (Å²) in [7, 11) is 0. The normalized spacial score (nSPS) is 19.3. The van der Waals surface area contributed by atoms with Crippen molar-refractivity contribution in [1.29, 1.82) is 0 Å². The second-order valence-electron chi connectivity index (χ2n) is 3.83. The van der Waals surface area contributed by atoms with Crippen LogP contribution >= 0.6 is 11.3 Å². The van der Waals surface area contributed by atoms with Crippen molar-refractivity contribution >= 4 is 17.6 Å². The van der Waals surface area contributed by atoms with E-state index >= 15 is 0 Å². The summed E-state index contributed by atoms with van der Waals surface area (Å²) in [6.07, 6.45) is 5.25. The van der Waals surface area contributed by atoms with Crippen LogP contribution in [0.25, 0.3) is 0 Å². The monoisotopic (exact) mass is 225 g/mol. The molecule has 1 aromatic heterocycles. The van der Waals surface area contributed by atoms with Crippen molar-refractivity contribution in [3.8, 4) is 0 Å². The maximum Gasteiger partial charge on any atom is 0.169 e. The zero-order valence-electron chi connectivity index (χ0n) is 8.86. The van der Waals surface area contributed by atoms with E-state index in [2.05, 4.69) is 4.98 Å². The molecule has 0 bridgehead atoms. The van der Waals surface area contributed by atoms with Crippen molar-refractivity contribution in [2.45, 2.75) is 38.2 Å². The molecule has 0 unspecified atom stereocenters. The van der Waals surface area contributed by atoms with Gasteiger partial charge in [0.05, 0.1) is 0 Å². The van der Waals surface area contributed by atoms with E-state index in [1.807, 2.05) is 6.92 Å². The number of hydrogen-bond donors (Lipinski definition) is 0. The Balaban J connectivity index is 2.27. The minimum atomic E-state index is -0.194. The van der Waals surface area contributed by atoms with E-state index in [9.17, 15) is 4.79 Å². The van der Waals surface area contributed by atoms with Gasteiger partial charge in [0.1, 0.15) is 16.3 Å². The summed E-state index contributed by atoms with van der Waals surface area (Å²) in [6, 6.07) is 0. The number of nitrogens with zero attached hydrogens (tertiary/aromatic N) is 1. The number of aldehydes is 1. The molecule has 3 nitrogen and oxygen atoms in total. The Kier molecular flexibility index (Phi) is 3.17. The molecule has 1 saturated carbocycles. The van der Waals surface area contributed by atoms with Gasteiger partial charge in [-0.2, -0.15) is 0 Å². The fourth-order valence-corrected chi connectivity index (χ4v) is 3.17. The molecule has 2 rings (SSSR count). The Morgan fingerprint density at radius 2 is 2.33 bits per heavy atom. The minimum absolute atomic E-state index is 0.194. The molecule has 0 saturated heterocycles. The highest BCUT2D eigenvalue weighted by atomic mass is 32.1. The Hall–Kier alpha value is -0.740. The summed E-state index contributed by atoms with van der Waals surface area (Å²) < 4.78 is 5.87. The zero-order chi connectivity index (χ0) is 10.7. The maximum absolute atomic E-state index is 10.6. The molecule has 15 heavy (non-hydrogen) atoms. The largest absolute Gasteiger partial charge is 0.368 e. The Morgan fingerprint density at radius 3 is 2.87 bits per heavy atom. The zero-order valence-corrected chi connectivity index (χ0v) is 9.68. The van der Waals surface area contributed by atoms with Gasteiger partial charge < -0.3 is 4.74 Å². The van der Waals surface area contributed by atoms with Crippen molar-refractivity contribution < 1.29 is 9.53 Å². The first-order valence-corrected chi connectivity index (χ1v) is 6.24. The highest BCUT2D eigenvalue weighted by Crippen LogP contribution is 2.43. The molecule has 1 fully saturated rings. The second-order valence-corrected chi connectivity index (χ2v) is 4.69. The van der Waals surface area contributed by atoms with Gasteiger partial charge in [-0.1, -0.05) is 12.8 Å². The van der Waals surface area contributed by atoms with E-state index in [0.29, 0.717) is 12.3 Å². The summed E-state index contributed by atoms with van der Waals surface area (Å²) in [4.78, 5) is 14.9. The lowest BCUT2D eigenvalue weighted by molar-refractivity contribution is -0.0391. The van der Waals surface area contributed by atoms with Crippen LogP contribution in [-0.2, 0) is 10.3 Å². The van der Waals surface area contributed by atoms with Crippen molar-refractivity contribution in [3.05, 3.63) is 16.1 Å². The molecule has 0 amide bonds. The fraction of sp³-hybridized carbons (Fsp3) is 0.636. The van der Waals surface area contributed by atoms with Crippen molar-refractivity contribution in [2.75, 3.05) is 6.61 Å². The molecule has 1 aliphatic rings. The lowest BCUT2D eigenvalue weighted by atomic mass is 10.0. The van der Waals surface area contributed by atoms with Gasteiger partial charge in [0.25, 0.3) is 0 Å². The van der Waals surface area contributed by atoms with Crippen LogP contribution in [0.2, 0.25) is 0 Å². The first-order valence-electron chi connectivity index (χ1n) is 5.36. The summed E-state index contributed by atoms with van der Waals surface area (Å²) in [6.45, 7) is 2.71. The summed E-state index contributed by atoms with van der Waals surface area (Å²) in [5.41, 5.74) is 0.335. The third-order valence-electron chi connectivity index (χ3n) is 2.86. The van der Waals surface area contributed by atoms with Crippen molar-refractivity contribution in [1.82, 2.24) is 4.98 Å². The lowest BCUT2D eigenvalue weighted by Gasteiger charge is -2.26. The number of thiazole rings is 1. The number of carbonyl (C=O) groups is 1. The fourth-order valence-electron chi connectivity index (χ4n) is 2.19. The van der Waals surface area contributed by atoms with Gasteiger partial charge in [-0.3, -0.25) is 4.79 Å². The molecule has 0 atom stereocenters. The van der Waals surface area contributed by atoms with E-state index < -0.39 is 0 Å². The van der Waals surface area contributed by atoms with Crippen molar-refractivity contribution in [3.63, 3.8) is 0 Å². The smallest absolute Gasteiger partial charge is 0.169 e. The third kappa shape index (κ3) is 1.96. The SMILES string of the molecule is CCOC1(c2nc(C=O)cs2)CCCC1. The average molecular weight is 225 g/mol. The molecule has 0 aliphatic heterocycles. The van der Waals surface area contributed by atoms with Crippen LogP contribution in [0.5, 0.6) is 0 Å². The number of hydrogen-bond acceptors (Lipinski definition) is 4. The van der Waals surface area contributed by atoms with Crippen LogP contribution in [-0.4, -0.2) is 17.9 Å². The number of ether oxygens (including phenoxy) is 1.